The fourth-order valence-electron chi connectivity index (χ4n) is 2.61. The molecule has 3 heteroatoms. The molecule has 2 aromatic rings. The van der Waals surface area contributed by atoms with Gasteiger partial charge in [-0.1, -0.05) is 56.1 Å². The number of anilines is 2. The van der Waals surface area contributed by atoms with E-state index in [1.54, 1.807) is 0 Å². The monoisotopic (exact) mass is 379 g/mol. The van der Waals surface area contributed by atoms with Crippen LogP contribution in [0, 0.1) is 0 Å². The minimum atomic E-state index is 0.879. The van der Waals surface area contributed by atoms with Gasteiger partial charge in [0.05, 0.1) is 0 Å². The van der Waals surface area contributed by atoms with Gasteiger partial charge in [-0.2, -0.15) is 0 Å². The van der Waals surface area contributed by atoms with E-state index in [2.05, 4.69) is 79.2 Å². The fraction of sp³-hybridized carbons (Fsp3) is 0.250. The molecule has 0 unspecified atom stereocenters. The minimum Gasteiger partial charge on any atom is -0.341 e. The third kappa shape index (κ3) is 2.59. The summed E-state index contributed by atoms with van der Waals surface area (Å²) in [7, 11) is 0. The van der Waals surface area contributed by atoms with Crippen LogP contribution in [0.5, 0.6) is 0 Å². The molecule has 0 N–H and O–H groups in total. The van der Waals surface area contributed by atoms with Crippen molar-refractivity contribution in [2.24, 2.45) is 0 Å². The Morgan fingerprint density at radius 1 is 1.11 bits per heavy atom. The molecular weight excluding hydrogens is 366 g/mol. The van der Waals surface area contributed by atoms with Crippen LogP contribution in [0.3, 0.4) is 0 Å². The van der Waals surface area contributed by atoms with E-state index in [1.807, 2.05) is 0 Å². The van der Waals surface area contributed by atoms with Gasteiger partial charge in [0, 0.05) is 27.7 Å². The molecule has 0 aromatic heterocycles. The first-order chi connectivity index (χ1) is 9.29. The second kappa shape index (κ2) is 5.68. The average molecular weight is 381 g/mol. The molecule has 0 fully saturated rings. The van der Waals surface area contributed by atoms with Crippen LogP contribution in [0.1, 0.15) is 17.5 Å². The van der Waals surface area contributed by atoms with Gasteiger partial charge in [0.1, 0.15) is 0 Å². The lowest BCUT2D eigenvalue weighted by molar-refractivity contribution is 0.766. The van der Waals surface area contributed by atoms with Crippen LogP contribution in [0.2, 0.25) is 0 Å². The Labute approximate surface area is 130 Å². The summed E-state index contributed by atoms with van der Waals surface area (Å²) in [5.41, 5.74) is 5.36. The Kier molecular flexibility index (Phi) is 3.94. The molecule has 3 rings (SSSR count). The summed E-state index contributed by atoms with van der Waals surface area (Å²) in [4.78, 5) is 2.42. The standard InChI is InChI=1S/C16H15Br2N/c17-11-13-7-8-14(10-15(13)18)19-9-3-5-12-4-1-2-6-16(12)19/h1-2,4,6-8,10H,3,5,9,11H2. The quantitative estimate of drug-likeness (QED) is 0.628. The van der Waals surface area contributed by atoms with Crippen LogP contribution in [0.4, 0.5) is 11.4 Å². The summed E-state index contributed by atoms with van der Waals surface area (Å²) in [6, 6.07) is 15.3. The van der Waals surface area contributed by atoms with Crippen LogP contribution in [-0.4, -0.2) is 6.54 Å². The number of rotatable bonds is 2. The average Bonchev–Trinajstić information content (AvgIpc) is 2.46. The first-order valence-corrected chi connectivity index (χ1v) is 8.41. The van der Waals surface area contributed by atoms with Crippen molar-refractivity contribution in [1.29, 1.82) is 0 Å². The van der Waals surface area contributed by atoms with Gasteiger partial charge >= 0.3 is 0 Å². The van der Waals surface area contributed by atoms with E-state index in [9.17, 15) is 0 Å². The Morgan fingerprint density at radius 3 is 2.74 bits per heavy atom. The van der Waals surface area contributed by atoms with Crippen LogP contribution in [-0.2, 0) is 11.8 Å². The minimum absolute atomic E-state index is 0.879. The molecule has 0 saturated carbocycles. The number of aryl methyl sites for hydroxylation is 1. The van der Waals surface area contributed by atoms with Gasteiger partial charge < -0.3 is 4.90 Å². The van der Waals surface area contributed by atoms with Crippen LogP contribution in [0.25, 0.3) is 0 Å². The summed E-state index contributed by atoms with van der Waals surface area (Å²) in [6.07, 6.45) is 2.40. The van der Waals surface area contributed by atoms with E-state index < -0.39 is 0 Å². The van der Waals surface area contributed by atoms with Crippen molar-refractivity contribution in [3.63, 3.8) is 0 Å². The van der Waals surface area contributed by atoms with Crippen LogP contribution >= 0.6 is 31.9 Å². The first-order valence-electron chi connectivity index (χ1n) is 6.49. The normalized spacial score (nSPS) is 14.3. The highest BCUT2D eigenvalue weighted by molar-refractivity contribution is 9.10. The van der Waals surface area contributed by atoms with Crippen molar-refractivity contribution >= 4 is 43.2 Å². The molecule has 2 aromatic carbocycles. The van der Waals surface area contributed by atoms with Crippen LogP contribution < -0.4 is 4.90 Å². The van der Waals surface area contributed by atoms with Gasteiger partial charge in [-0.05, 0) is 42.2 Å². The second-order valence-electron chi connectivity index (χ2n) is 4.79. The number of nitrogens with zero attached hydrogens (tertiary/aromatic N) is 1. The van der Waals surface area contributed by atoms with E-state index >= 15 is 0 Å². The number of hydrogen-bond donors (Lipinski definition) is 0. The fourth-order valence-corrected chi connectivity index (χ4v) is 3.99. The SMILES string of the molecule is BrCc1ccc(N2CCCc3ccccc32)cc1Br. The number of halogens is 2. The lowest BCUT2D eigenvalue weighted by Crippen LogP contribution is -2.24. The Morgan fingerprint density at radius 2 is 1.95 bits per heavy atom. The molecule has 1 aliphatic rings. The van der Waals surface area contributed by atoms with Crippen molar-refractivity contribution in [3.8, 4) is 0 Å². The number of alkyl halides is 1. The summed E-state index contributed by atoms with van der Waals surface area (Å²) in [6.45, 7) is 1.09. The maximum atomic E-state index is 3.66. The van der Waals surface area contributed by atoms with Crippen molar-refractivity contribution in [2.75, 3.05) is 11.4 Å². The summed E-state index contributed by atoms with van der Waals surface area (Å²) in [5, 5.41) is 0.879. The molecule has 0 saturated heterocycles. The molecule has 19 heavy (non-hydrogen) atoms. The molecular formula is C16H15Br2N. The number of para-hydroxylation sites is 1. The first kappa shape index (κ1) is 13.2. The molecule has 98 valence electrons. The van der Waals surface area contributed by atoms with Crippen molar-refractivity contribution in [3.05, 3.63) is 58.1 Å². The molecule has 1 aliphatic heterocycles. The van der Waals surface area contributed by atoms with E-state index in [1.165, 1.54) is 39.8 Å². The van der Waals surface area contributed by atoms with E-state index in [0.717, 1.165) is 11.9 Å². The van der Waals surface area contributed by atoms with Crippen molar-refractivity contribution in [2.45, 2.75) is 18.2 Å². The zero-order valence-electron chi connectivity index (χ0n) is 10.6. The molecule has 0 amide bonds. The zero-order valence-corrected chi connectivity index (χ0v) is 13.7. The van der Waals surface area contributed by atoms with Gasteiger partial charge in [-0.3, -0.25) is 0 Å². The lowest BCUT2D eigenvalue weighted by atomic mass is 10.0. The molecule has 0 atom stereocenters. The highest BCUT2D eigenvalue weighted by Crippen LogP contribution is 2.35. The summed E-state index contributed by atoms with van der Waals surface area (Å²) >= 11 is 7.17. The Balaban J connectivity index is 2.02. The largest absolute Gasteiger partial charge is 0.341 e. The molecule has 1 heterocycles. The predicted octanol–water partition coefficient (Wildman–Crippen LogP) is 5.43. The number of benzene rings is 2. The van der Waals surface area contributed by atoms with E-state index in [0.29, 0.717) is 0 Å². The third-order valence-corrected chi connectivity index (χ3v) is 4.94. The topological polar surface area (TPSA) is 3.24 Å². The van der Waals surface area contributed by atoms with Gasteiger partial charge in [0.25, 0.3) is 0 Å². The van der Waals surface area contributed by atoms with Crippen molar-refractivity contribution < 1.29 is 0 Å². The van der Waals surface area contributed by atoms with E-state index in [-0.39, 0.29) is 0 Å². The van der Waals surface area contributed by atoms with Gasteiger partial charge in [0.15, 0.2) is 0 Å². The molecule has 0 bridgehead atoms. The van der Waals surface area contributed by atoms with Gasteiger partial charge in [-0.25, -0.2) is 0 Å². The molecule has 0 radical (unpaired) electrons. The Hall–Kier alpha value is -0.800. The lowest BCUT2D eigenvalue weighted by Gasteiger charge is -2.31. The molecule has 0 aliphatic carbocycles. The predicted molar refractivity (Wildman–Crippen MR) is 88.5 cm³/mol. The number of hydrogen-bond acceptors (Lipinski definition) is 1. The highest BCUT2D eigenvalue weighted by atomic mass is 79.9. The van der Waals surface area contributed by atoms with Gasteiger partial charge in [-0.15, -0.1) is 0 Å². The Bertz CT molecular complexity index is 595. The molecule has 0 spiro atoms. The smallest absolute Gasteiger partial charge is 0.0443 e. The third-order valence-electron chi connectivity index (χ3n) is 3.60. The van der Waals surface area contributed by atoms with Crippen molar-refractivity contribution in [1.82, 2.24) is 0 Å². The summed E-state index contributed by atoms with van der Waals surface area (Å²) < 4.78 is 1.17. The van der Waals surface area contributed by atoms with Crippen LogP contribution in [0.15, 0.2) is 46.9 Å². The molecule has 1 nitrogen and oxygen atoms in total. The van der Waals surface area contributed by atoms with E-state index in [4.69, 9.17) is 0 Å². The maximum absolute atomic E-state index is 3.66. The highest BCUT2D eigenvalue weighted by Gasteiger charge is 2.18. The van der Waals surface area contributed by atoms with Gasteiger partial charge in [0.2, 0.25) is 0 Å². The number of fused-ring (bicyclic) bond motifs is 1. The summed E-state index contributed by atoms with van der Waals surface area (Å²) in [5.74, 6) is 0. The maximum Gasteiger partial charge on any atom is 0.0443 e. The second-order valence-corrected chi connectivity index (χ2v) is 6.21. The zero-order chi connectivity index (χ0) is 13.2.